The van der Waals surface area contributed by atoms with Crippen molar-refractivity contribution in [1.29, 1.82) is 5.26 Å². The molecular formula is C23H13ClF2N4O4. The number of pyridine rings is 1. The number of halogens is 3. The molecule has 170 valence electrons. The first-order valence-electron chi connectivity index (χ1n) is 9.69. The fourth-order valence-electron chi connectivity index (χ4n) is 3.33. The topological polar surface area (TPSA) is 118 Å². The van der Waals surface area contributed by atoms with Crippen molar-refractivity contribution in [2.24, 2.45) is 0 Å². The van der Waals surface area contributed by atoms with E-state index in [4.69, 9.17) is 26.7 Å². The number of benzene rings is 2. The molecule has 0 aliphatic heterocycles. The number of carbonyl (C=O) groups is 1. The Hall–Kier alpha value is -4.36. The van der Waals surface area contributed by atoms with E-state index >= 15 is 0 Å². The molecule has 11 heteroatoms. The normalized spacial score (nSPS) is 10.8. The van der Waals surface area contributed by atoms with Crippen LogP contribution in [0.15, 0.2) is 53.7 Å². The van der Waals surface area contributed by atoms with Crippen molar-refractivity contribution in [1.82, 2.24) is 14.5 Å². The van der Waals surface area contributed by atoms with E-state index < -0.39 is 28.7 Å². The second-order valence-corrected chi connectivity index (χ2v) is 7.46. The molecule has 0 saturated carbocycles. The Kier molecular flexibility index (Phi) is 6.21. The summed E-state index contributed by atoms with van der Waals surface area (Å²) >= 11 is 6.03. The highest BCUT2D eigenvalue weighted by molar-refractivity contribution is 6.31. The van der Waals surface area contributed by atoms with Gasteiger partial charge in [0.05, 0.1) is 30.0 Å². The molecule has 0 amide bonds. The number of nitrogens with zero attached hydrogens (tertiary/aromatic N) is 4. The van der Waals surface area contributed by atoms with Crippen LogP contribution in [-0.4, -0.2) is 32.2 Å². The predicted octanol–water partition coefficient (Wildman–Crippen LogP) is 4.04. The second-order valence-electron chi connectivity index (χ2n) is 7.02. The van der Waals surface area contributed by atoms with Gasteiger partial charge in [0.2, 0.25) is 0 Å². The highest BCUT2D eigenvalue weighted by Gasteiger charge is 2.22. The monoisotopic (exact) mass is 482 g/mol. The molecule has 4 aromatic rings. The molecule has 0 saturated heterocycles. The number of carboxylic acid groups (broad SMARTS) is 1. The first kappa shape index (κ1) is 22.8. The van der Waals surface area contributed by atoms with Crippen molar-refractivity contribution in [3.63, 3.8) is 0 Å². The summed E-state index contributed by atoms with van der Waals surface area (Å²) < 4.78 is 35.7. The van der Waals surface area contributed by atoms with Gasteiger partial charge in [0, 0.05) is 16.1 Å². The summed E-state index contributed by atoms with van der Waals surface area (Å²) in [4.78, 5) is 32.0. The van der Waals surface area contributed by atoms with Crippen molar-refractivity contribution >= 4 is 28.5 Å². The Labute approximate surface area is 195 Å². The molecule has 0 spiro atoms. The number of carboxylic acids is 1. The molecule has 2 aromatic heterocycles. The molecule has 2 heterocycles. The van der Waals surface area contributed by atoms with Crippen LogP contribution < -0.4 is 10.3 Å². The predicted molar refractivity (Wildman–Crippen MR) is 118 cm³/mol. The number of aromatic nitrogens is 3. The lowest BCUT2D eigenvalue weighted by atomic mass is 10.0. The molecule has 34 heavy (non-hydrogen) atoms. The third-order valence-electron chi connectivity index (χ3n) is 4.95. The Morgan fingerprint density at radius 2 is 1.97 bits per heavy atom. The van der Waals surface area contributed by atoms with Crippen molar-refractivity contribution in [3.8, 4) is 22.9 Å². The third kappa shape index (κ3) is 4.29. The number of hydrogen-bond donors (Lipinski definition) is 1. The molecule has 0 unspecified atom stereocenters. The van der Waals surface area contributed by atoms with E-state index in [0.717, 1.165) is 12.1 Å². The standard InChI is InChI=1S/C23H13ClF2N4O4/c24-12-1-4-19(15(7-12)14-2-3-17(25)20(21(14)26)23(32)33)34-6-5-30-11-29-18-10-28-13(9-27)8-16(18)22(30)31/h1-4,7-8,10-11H,5-6H2,(H,32,33). The summed E-state index contributed by atoms with van der Waals surface area (Å²) in [6.45, 7) is 0.00679. The molecule has 8 nitrogen and oxygen atoms in total. The van der Waals surface area contributed by atoms with Crippen molar-refractivity contribution in [3.05, 3.63) is 87.2 Å². The lowest BCUT2D eigenvalue weighted by molar-refractivity contribution is 0.0686. The minimum absolute atomic E-state index is 0.0491. The van der Waals surface area contributed by atoms with Gasteiger partial charge in [-0.1, -0.05) is 11.6 Å². The Morgan fingerprint density at radius 1 is 1.18 bits per heavy atom. The van der Waals surface area contributed by atoms with E-state index in [9.17, 15) is 18.4 Å². The fraction of sp³-hybridized carbons (Fsp3) is 0.0870. The molecule has 0 fully saturated rings. The van der Waals surface area contributed by atoms with Gasteiger partial charge in [-0.15, -0.1) is 0 Å². The van der Waals surface area contributed by atoms with Gasteiger partial charge in [0.1, 0.15) is 41.3 Å². The number of nitriles is 1. The SMILES string of the molecule is N#Cc1cc2c(=O)n(CCOc3ccc(Cl)cc3-c3ccc(F)c(C(=O)O)c3F)cnc2cn1. The van der Waals surface area contributed by atoms with Crippen LogP contribution >= 0.6 is 11.6 Å². The number of aromatic carboxylic acids is 1. The van der Waals surface area contributed by atoms with E-state index in [1.54, 1.807) is 0 Å². The maximum Gasteiger partial charge on any atom is 0.341 e. The van der Waals surface area contributed by atoms with Gasteiger partial charge in [0.15, 0.2) is 0 Å². The zero-order valence-electron chi connectivity index (χ0n) is 17.1. The van der Waals surface area contributed by atoms with Crippen molar-refractivity contribution in [2.75, 3.05) is 6.61 Å². The van der Waals surface area contributed by atoms with Gasteiger partial charge >= 0.3 is 5.97 Å². The maximum atomic E-state index is 14.8. The molecule has 4 rings (SSSR count). The zero-order valence-corrected chi connectivity index (χ0v) is 17.9. The molecule has 0 radical (unpaired) electrons. The van der Waals surface area contributed by atoms with Crippen LogP contribution in [0.4, 0.5) is 8.78 Å². The highest BCUT2D eigenvalue weighted by Crippen LogP contribution is 2.36. The van der Waals surface area contributed by atoms with E-state index in [1.165, 1.54) is 41.4 Å². The molecule has 2 aromatic carbocycles. The van der Waals surface area contributed by atoms with Crippen LogP contribution in [0.3, 0.4) is 0 Å². The Morgan fingerprint density at radius 3 is 2.71 bits per heavy atom. The van der Waals surface area contributed by atoms with Gasteiger partial charge in [-0.3, -0.25) is 9.36 Å². The molecule has 0 aliphatic carbocycles. The molecular weight excluding hydrogens is 470 g/mol. The number of hydrogen-bond acceptors (Lipinski definition) is 6. The minimum atomic E-state index is -1.75. The summed E-state index contributed by atoms with van der Waals surface area (Å²) in [5.41, 5.74) is -1.18. The summed E-state index contributed by atoms with van der Waals surface area (Å²) in [6.07, 6.45) is 2.64. The second kappa shape index (κ2) is 9.25. The molecule has 0 aliphatic rings. The zero-order chi connectivity index (χ0) is 24.4. The van der Waals surface area contributed by atoms with E-state index in [2.05, 4.69) is 9.97 Å². The van der Waals surface area contributed by atoms with Gasteiger partial charge in [-0.2, -0.15) is 5.26 Å². The van der Waals surface area contributed by atoms with E-state index in [0.29, 0.717) is 5.52 Å². The van der Waals surface area contributed by atoms with Crippen LogP contribution in [0.25, 0.3) is 22.0 Å². The van der Waals surface area contributed by atoms with Gasteiger partial charge in [-0.05, 0) is 36.4 Å². The first-order chi connectivity index (χ1) is 16.3. The van der Waals surface area contributed by atoms with Crippen molar-refractivity contribution < 1.29 is 23.4 Å². The Balaban J connectivity index is 1.63. The number of rotatable bonds is 6. The third-order valence-corrected chi connectivity index (χ3v) is 5.19. The van der Waals surface area contributed by atoms with Crippen LogP contribution in [-0.2, 0) is 6.54 Å². The quantitative estimate of drug-likeness (QED) is 0.440. The summed E-state index contributed by atoms with van der Waals surface area (Å²) in [5, 5.41) is 18.6. The molecule has 0 atom stereocenters. The average Bonchev–Trinajstić information content (AvgIpc) is 2.81. The average molecular weight is 483 g/mol. The van der Waals surface area contributed by atoms with E-state index in [-0.39, 0.29) is 46.1 Å². The minimum Gasteiger partial charge on any atom is -0.491 e. The van der Waals surface area contributed by atoms with Crippen LogP contribution in [0, 0.1) is 23.0 Å². The van der Waals surface area contributed by atoms with Gasteiger partial charge in [-0.25, -0.2) is 23.5 Å². The largest absolute Gasteiger partial charge is 0.491 e. The van der Waals surface area contributed by atoms with Crippen LogP contribution in [0.2, 0.25) is 5.02 Å². The van der Waals surface area contributed by atoms with E-state index in [1.807, 2.05) is 6.07 Å². The molecule has 1 N–H and O–H groups in total. The smallest absolute Gasteiger partial charge is 0.341 e. The summed E-state index contributed by atoms with van der Waals surface area (Å²) in [6, 6.07) is 9.44. The highest BCUT2D eigenvalue weighted by atomic mass is 35.5. The lowest BCUT2D eigenvalue weighted by Gasteiger charge is -2.14. The maximum absolute atomic E-state index is 14.8. The fourth-order valence-corrected chi connectivity index (χ4v) is 3.50. The van der Waals surface area contributed by atoms with Gasteiger partial charge < -0.3 is 9.84 Å². The number of fused-ring (bicyclic) bond motifs is 1. The molecule has 0 bridgehead atoms. The first-order valence-corrected chi connectivity index (χ1v) is 10.1. The van der Waals surface area contributed by atoms with Gasteiger partial charge in [0.25, 0.3) is 5.56 Å². The van der Waals surface area contributed by atoms with Crippen LogP contribution in [0.1, 0.15) is 16.1 Å². The summed E-state index contributed by atoms with van der Waals surface area (Å²) in [7, 11) is 0. The summed E-state index contributed by atoms with van der Waals surface area (Å²) in [5.74, 6) is -4.09. The van der Waals surface area contributed by atoms with Crippen LogP contribution in [0.5, 0.6) is 5.75 Å². The lowest BCUT2D eigenvalue weighted by Crippen LogP contribution is -2.23. The number of ether oxygens (including phenoxy) is 1. The van der Waals surface area contributed by atoms with Crippen molar-refractivity contribution in [2.45, 2.75) is 6.54 Å². The Bertz CT molecular complexity index is 1550.